The highest BCUT2D eigenvalue weighted by Gasteiger charge is 2.40. The molecule has 2 aromatic rings. The van der Waals surface area contributed by atoms with Gasteiger partial charge >= 0.3 is 0 Å². The van der Waals surface area contributed by atoms with Crippen LogP contribution in [0.1, 0.15) is 18.0 Å². The predicted octanol–water partition coefficient (Wildman–Crippen LogP) is 0.997. The second-order valence-corrected chi connectivity index (χ2v) is 6.04. The lowest BCUT2D eigenvalue weighted by atomic mass is 9.95. The standard InChI is InChI=1S/C16H21FN6O2/c1-22-10-12(7-21-22)15-11(5-14(24)23(15)3-4-25-2)6-18-16-19-8-13(17)9-20-16/h7-11,15H,3-6H2,1-2H3,(H,18,19,20)/t11-,15+/m0/s1. The highest BCUT2D eigenvalue weighted by Crippen LogP contribution is 2.37. The Kier molecular flexibility index (Phi) is 5.22. The number of rotatable bonds is 7. The van der Waals surface area contributed by atoms with Crippen molar-refractivity contribution in [1.82, 2.24) is 24.6 Å². The van der Waals surface area contributed by atoms with Gasteiger partial charge in [-0.15, -0.1) is 0 Å². The molecule has 1 fully saturated rings. The number of ether oxygens (including phenoxy) is 1. The van der Waals surface area contributed by atoms with Crippen LogP contribution in [0.5, 0.6) is 0 Å². The van der Waals surface area contributed by atoms with Gasteiger partial charge in [0.25, 0.3) is 0 Å². The minimum absolute atomic E-state index is 0.0298. The van der Waals surface area contributed by atoms with Crippen LogP contribution in [0, 0.1) is 11.7 Å². The molecule has 0 aliphatic carbocycles. The largest absolute Gasteiger partial charge is 0.383 e. The molecule has 3 rings (SSSR count). The Balaban J connectivity index is 1.75. The second-order valence-electron chi connectivity index (χ2n) is 6.04. The molecule has 2 atom stereocenters. The number of nitrogens with zero attached hydrogens (tertiary/aromatic N) is 5. The fourth-order valence-electron chi connectivity index (χ4n) is 3.17. The van der Waals surface area contributed by atoms with Crippen LogP contribution >= 0.6 is 0 Å². The van der Waals surface area contributed by atoms with Crippen molar-refractivity contribution in [3.8, 4) is 0 Å². The van der Waals surface area contributed by atoms with Crippen LogP contribution in [-0.4, -0.2) is 57.4 Å². The smallest absolute Gasteiger partial charge is 0.223 e. The number of aryl methyl sites for hydroxylation is 1. The van der Waals surface area contributed by atoms with Gasteiger partial charge in [0.1, 0.15) is 0 Å². The Bertz CT molecular complexity index is 720. The number of hydrogen-bond acceptors (Lipinski definition) is 6. The lowest BCUT2D eigenvalue weighted by Crippen LogP contribution is -2.33. The van der Waals surface area contributed by atoms with Gasteiger partial charge in [0.05, 0.1) is 31.2 Å². The van der Waals surface area contributed by atoms with E-state index in [0.717, 1.165) is 18.0 Å². The van der Waals surface area contributed by atoms with E-state index in [1.165, 1.54) is 0 Å². The van der Waals surface area contributed by atoms with Crippen LogP contribution < -0.4 is 5.32 Å². The number of halogens is 1. The summed E-state index contributed by atoms with van der Waals surface area (Å²) in [4.78, 5) is 22.1. The number of carbonyl (C=O) groups excluding carboxylic acids is 1. The van der Waals surface area contributed by atoms with Crippen molar-refractivity contribution in [2.45, 2.75) is 12.5 Å². The maximum absolute atomic E-state index is 12.9. The number of amides is 1. The third-order valence-electron chi connectivity index (χ3n) is 4.28. The normalized spacial score (nSPS) is 20.3. The maximum atomic E-state index is 12.9. The molecule has 1 saturated heterocycles. The first-order valence-corrected chi connectivity index (χ1v) is 8.07. The Morgan fingerprint density at radius 2 is 2.12 bits per heavy atom. The SMILES string of the molecule is COCCN1C(=O)C[C@@H](CNc2ncc(F)cn2)[C@@H]1c1cnn(C)c1. The molecule has 0 bridgehead atoms. The van der Waals surface area contributed by atoms with Crippen molar-refractivity contribution in [2.24, 2.45) is 13.0 Å². The predicted molar refractivity (Wildman–Crippen MR) is 88.1 cm³/mol. The Morgan fingerprint density at radius 1 is 1.36 bits per heavy atom. The molecule has 1 N–H and O–H groups in total. The number of aromatic nitrogens is 4. The third kappa shape index (κ3) is 3.93. The van der Waals surface area contributed by atoms with E-state index in [9.17, 15) is 9.18 Å². The molecule has 134 valence electrons. The summed E-state index contributed by atoms with van der Waals surface area (Å²) in [5.74, 6) is -0.0327. The molecule has 8 nitrogen and oxygen atoms in total. The summed E-state index contributed by atoms with van der Waals surface area (Å²) in [7, 11) is 3.46. The molecular formula is C16H21FN6O2. The number of methoxy groups -OCH3 is 1. The molecule has 1 aliphatic heterocycles. The number of carbonyl (C=O) groups is 1. The van der Waals surface area contributed by atoms with Crippen LogP contribution in [0.3, 0.4) is 0 Å². The van der Waals surface area contributed by atoms with Crippen molar-refractivity contribution >= 4 is 11.9 Å². The zero-order valence-corrected chi connectivity index (χ0v) is 14.2. The zero-order chi connectivity index (χ0) is 17.8. The second kappa shape index (κ2) is 7.56. The number of anilines is 1. The van der Waals surface area contributed by atoms with Crippen LogP contribution in [0.4, 0.5) is 10.3 Å². The van der Waals surface area contributed by atoms with Crippen molar-refractivity contribution in [1.29, 1.82) is 0 Å². The molecule has 0 unspecified atom stereocenters. The van der Waals surface area contributed by atoms with Crippen LogP contribution in [0.2, 0.25) is 0 Å². The van der Waals surface area contributed by atoms with Gasteiger partial charge in [0, 0.05) is 51.3 Å². The molecular weight excluding hydrogens is 327 g/mol. The number of hydrogen-bond donors (Lipinski definition) is 1. The van der Waals surface area contributed by atoms with E-state index in [4.69, 9.17) is 4.74 Å². The first kappa shape index (κ1) is 17.3. The lowest BCUT2D eigenvalue weighted by molar-refractivity contribution is -0.129. The average Bonchev–Trinajstić information content (AvgIpc) is 3.15. The van der Waals surface area contributed by atoms with Gasteiger partial charge in [-0.05, 0) is 0 Å². The summed E-state index contributed by atoms with van der Waals surface area (Å²) in [6, 6.07) is -0.0932. The van der Waals surface area contributed by atoms with E-state index >= 15 is 0 Å². The molecule has 3 heterocycles. The number of nitrogens with one attached hydrogen (secondary N) is 1. The monoisotopic (exact) mass is 348 g/mol. The molecule has 1 amide bonds. The summed E-state index contributed by atoms with van der Waals surface area (Å²) in [5.41, 5.74) is 0.983. The van der Waals surface area contributed by atoms with E-state index in [1.807, 2.05) is 18.1 Å². The van der Waals surface area contributed by atoms with E-state index < -0.39 is 5.82 Å². The first-order valence-electron chi connectivity index (χ1n) is 8.07. The van der Waals surface area contributed by atoms with Crippen molar-refractivity contribution < 1.29 is 13.9 Å². The Labute approximate surface area is 145 Å². The van der Waals surface area contributed by atoms with Crippen molar-refractivity contribution in [3.05, 3.63) is 36.2 Å². The van der Waals surface area contributed by atoms with Crippen LogP contribution in [0.25, 0.3) is 0 Å². The van der Waals surface area contributed by atoms with Crippen molar-refractivity contribution in [3.63, 3.8) is 0 Å². The van der Waals surface area contributed by atoms with E-state index in [2.05, 4.69) is 20.4 Å². The summed E-state index contributed by atoms with van der Waals surface area (Å²) in [6.45, 7) is 1.50. The molecule has 1 aliphatic rings. The average molecular weight is 348 g/mol. The number of likely N-dealkylation sites (tertiary alicyclic amines) is 1. The van der Waals surface area contributed by atoms with Crippen LogP contribution in [-0.2, 0) is 16.6 Å². The third-order valence-corrected chi connectivity index (χ3v) is 4.28. The lowest BCUT2D eigenvalue weighted by Gasteiger charge is -2.27. The summed E-state index contributed by atoms with van der Waals surface area (Å²) < 4.78 is 19.8. The van der Waals surface area contributed by atoms with Gasteiger partial charge in [0.15, 0.2) is 5.82 Å². The minimum Gasteiger partial charge on any atom is -0.383 e. The molecule has 0 spiro atoms. The van der Waals surface area contributed by atoms with Gasteiger partial charge in [-0.25, -0.2) is 14.4 Å². The summed E-state index contributed by atoms with van der Waals surface area (Å²) in [5, 5.41) is 7.32. The molecule has 9 heteroatoms. The quantitative estimate of drug-likeness (QED) is 0.803. The molecule has 0 saturated carbocycles. The van der Waals surface area contributed by atoms with Crippen LogP contribution in [0.15, 0.2) is 24.8 Å². The van der Waals surface area contributed by atoms with E-state index in [1.54, 1.807) is 18.0 Å². The molecule has 2 aromatic heterocycles. The van der Waals surface area contributed by atoms with Gasteiger partial charge in [0.2, 0.25) is 11.9 Å². The Hall–Kier alpha value is -2.55. The highest BCUT2D eigenvalue weighted by molar-refractivity contribution is 5.79. The van der Waals surface area contributed by atoms with E-state index in [0.29, 0.717) is 32.1 Å². The van der Waals surface area contributed by atoms with Crippen molar-refractivity contribution in [2.75, 3.05) is 32.1 Å². The topological polar surface area (TPSA) is 85.2 Å². The fraction of sp³-hybridized carbons (Fsp3) is 0.500. The van der Waals surface area contributed by atoms with Gasteiger partial charge in [-0.2, -0.15) is 5.10 Å². The van der Waals surface area contributed by atoms with Gasteiger partial charge < -0.3 is 15.0 Å². The summed E-state index contributed by atoms with van der Waals surface area (Å²) in [6.07, 6.45) is 6.34. The van der Waals surface area contributed by atoms with E-state index in [-0.39, 0.29) is 17.9 Å². The molecule has 0 aromatic carbocycles. The molecule has 25 heavy (non-hydrogen) atoms. The van der Waals surface area contributed by atoms with Gasteiger partial charge in [-0.1, -0.05) is 0 Å². The van der Waals surface area contributed by atoms with Gasteiger partial charge in [-0.3, -0.25) is 9.48 Å². The Morgan fingerprint density at radius 3 is 2.76 bits per heavy atom. The summed E-state index contributed by atoms with van der Waals surface area (Å²) >= 11 is 0. The molecule has 0 radical (unpaired) electrons. The minimum atomic E-state index is -0.486. The first-order chi connectivity index (χ1) is 12.1. The maximum Gasteiger partial charge on any atom is 0.223 e. The fourth-order valence-corrected chi connectivity index (χ4v) is 3.17. The zero-order valence-electron chi connectivity index (χ0n) is 14.2. The highest BCUT2D eigenvalue weighted by atomic mass is 19.1.